The number of esters is 1. The van der Waals surface area contributed by atoms with Crippen molar-refractivity contribution in [2.24, 2.45) is 5.10 Å². The van der Waals surface area contributed by atoms with Gasteiger partial charge in [-0.1, -0.05) is 0 Å². The molecule has 0 unspecified atom stereocenters. The van der Waals surface area contributed by atoms with Crippen molar-refractivity contribution in [3.63, 3.8) is 0 Å². The summed E-state index contributed by atoms with van der Waals surface area (Å²) in [7, 11) is 5.45. The summed E-state index contributed by atoms with van der Waals surface area (Å²) in [4.78, 5) is 48.5. The Balaban J connectivity index is 1.99. The Kier molecular flexibility index (Phi) is 8.47. The number of hydrazone groups is 1. The molecule has 3 rings (SSSR count). The number of amides is 1. The summed E-state index contributed by atoms with van der Waals surface area (Å²) in [5.74, 6) is -0.441. The lowest BCUT2D eigenvalue weighted by molar-refractivity contribution is -0.384. The Bertz CT molecular complexity index is 1430. The van der Waals surface area contributed by atoms with E-state index < -0.39 is 22.4 Å². The van der Waals surface area contributed by atoms with E-state index in [9.17, 15) is 24.5 Å². The number of aromatic nitrogens is 2. The van der Waals surface area contributed by atoms with Crippen molar-refractivity contribution in [1.29, 1.82) is 0 Å². The highest BCUT2D eigenvalue weighted by Gasteiger charge is 2.22. The molecule has 14 nitrogen and oxygen atoms in total. The molecule has 0 atom stereocenters. The number of ether oxygens (including phenoxy) is 4. The van der Waals surface area contributed by atoms with Crippen LogP contribution < -0.4 is 25.2 Å². The molecule has 0 saturated carbocycles. The highest BCUT2D eigenvalue weighted by atomic mass is 16.6. The standard InChI is InChI=1S/C24H25N5O9/c1-13(25-26-23(31)14-10-18(35-2)22(38-5)19(11-14)36-3)21-17(12-20(30)37-4)27-28(24(21)32)15-6-8-16(9-7-15)29(33)34/h6-11,27H,12H2,1-5H3,(H,26,31). The van der Waals surface area contributed by atoms with E-state index in [4.69, 9.17) is 18.9 Å². The van der Waals surface area contributed by atoms with Gasteiger partial charge in [-0.2, -0.15) is 5.10 Å². The predicted octanol–water partition coefficient (Wildman–Crippen LogP) is 1.97. The second-order valence-corrected chi connectivity index (χ2v) is 7.68. The van der Waals surface area contributed by atoms with Gasteiger partial charge < -0.3 is 18.9 Å². The fraction of sp³-hybridized carbons (Fsp3) is 0.250. The van der Waals surface area contributed by atoms with E-state index in [0.717, 1.165) is 4.68 Å². The SMILES string of the molecule is COC(=O)Cc1[nH]n(-c2ccc([N+](=O)[O-])cc2)c(=O)c1C(C)=NNC(=O)c1cc(OC)c(OC)c(OC)c1. The molecule has 0 spiro atoms. The molecule has 200 valence electrons. The highest BCUT2D eigenvalue weighted by Crippen LogP contribution is 2.38. The normalized spacial score (nSPS) is 11.0. The monoisotopic (exact) mass is 527 g/mol. The van der Waals surface area contributed by atoms with Gasteiger partial charge in [0.25, 0.3) is 17.2 Å². The minimum absolute atomic E-state index is 0.0129. The zero-order chi connectivity index (χ0) is 28.0. The number of nitro groups is 1. The lowest BCUT2D eigenvalue weighted by atomic mass is 10.1. The second-order valence-electron chi connectivity index (χ2n) is 7.68. The Morgan fingerprint density at radius 3 is 2.16 bits per heavy atom. The van der Waals surface area contributed by atoms with E-state index in [1.807, 2.05) is 0 Å². The van der Waals surface area contributed by atoms with Gasteiger partial charge in [0.15, 0.2) is 11.5 Å². The number of carbonyl (C=O) groups excluding carboxylic acids is 2. The van der Waals surface area contributed by atoms with Crippen LogP contribution in [0.4, 0.5) is 5.69 Å². The lowest BCUT2D eigenvalue weighted by Crippen LogP contribution is -2.24. The number of rotatable bonds is 10. The average Bonchev–Trinajstić information content (AvgIpc) is 3.25. The number of hydrogen-bond donors (Lipinski definition) is 2. The number of nitro benzene ring substituents is 1. The first-order valence-electron chi connectivity index (χ1n) is 11.0. The summed E-state index contributed by atoms with van der Waals surface area (Å²) in [5, 5.41) is 17.8. The highest BCUT2D eigenvalue weighted by molar-refractivity contribution is 6.02. The Hall–Kier alpha value is -5.14. The van der Waals surface area contributed by atoms with Crippen LogP contribution in [0.1, 0.15) is 28.5 Å². The van der Waals surface area contributed by atoms with E-state index in [1.165, 1.54) is 71.8 Å². The van der Waals surface area contributed by atoms with Gasteiger partial charge in [0, 0.05) is 17.7 Å². The van der Waals surface area contributed by atoms with Crippen molar-refractivity contribution in [1.82, 2.24) is 15.2 Å². The Morgan fingerprint density at radius 2 is 1.66 bits per heavy atom. The number of non-ortho nitro benzene ring substituents is 1. The molecule has 0 aliphatic rings. The van der Waals surface area contributed by atoms with Crippen molar-refractivity contribution >= 4 is 23.3 Å². The van der Waals surface area contributed by atoms with Crippen LogP contribution in [0.15, 0.2) is 46.3 Å². The zero-order valence-electron chi connectivity index (χ0n) is 21.2. The van der Waals surface area contributed by atoms with Crippen LogP contribution in [0.3, 0.4) is 0 Å². The second kappa shape index (κ2) is 11.7. The largest absolute Gasteiger partial charge is 0.493 e. The van der Waals surface area contributed by atoms with Gasteiger partial charge in [-0.05, 0) is 31.2 Å². The molecule has 3 aromatic rings. The van der Waals surface area contributed by atoms with Crippen molar-refractivity contribution in [3.8, 4) is 22.9 Å². The fourth-order valence-corrected chi connectivity index (χ4v) is 3.57. The Labute approximate surface area is 215 Å². The van der Waals surface area contributed by atoms with Gasteiger partial charge in [-0.3, -0.25) is 29.6 Å². The van der Waals surface area contributed by atoms with E-state index in [-0.39, 0.29) is 51.8 Å². The van der Waals surface area contributed by atoms with Gasteiger partial charge >= 0.3 is 5.97 Å². The lowest BCUT2D eigenvalue weighted by Gasteiger charge is -2.13. The molecule has 0 bridgehead atoms. The maximum atomic E-state index is 13.3. The summed E-state index contributed by atoms with van der Waals surface area (Å²) in [6.07, 6.45) is -0.297. The third-order valence-electron chi connectivity index (χ3n) is 5.45. The number of carbonyl (C=O) groups is 2. The van der Waals surface area contributed by atoms with Crippen LogP contribution in [-0.2, 0) is 16.0 Å². The maximum absolute atomic E-state index is 13.3. The number of benzene rings is 2. The first-order chi connectivity index (χ1) is 18.1. The van der Waals surface area contributed by atoms with Crippen molar-refractivity contribution in [2.45, 2.75) is 13.3 Å². The molecule has 1 amide bonds. The predicted molar refractivity (Wildman–Crippen MR) is 135 cm³/mol. The van der Waals surface area contributed by atoms with Crippen LogP contribution in [0, 0.1) is 10.1 Å². The third kappa shape index (κ3) is 5.64. The van der Waals surface area contributed by atoms with Crippen molar-refractivity contribution in [3.05, 3.63) is 73.7 Å². The number of aromatic amines is 1. The van der Waals surface area contributed by atoms with Gasteiger partial charge in [-0.15, -0.1) is 0 Å². The van der Waals surface area contributed by atoms with E-state index in [2.05, 4.69) is 15.6 Å². The van der Waals surface area contributed by atoms with Crippen LogP contribution in [0.25, 0.3) is 5.69 Å². The van der Waals surface area contributed by atoms with Gasteiger partial charge in [0.1, 0.15) is 0 Å². The minimum Gasteiger partial charge on any atom is -0.493 e. The number of nitrogens with zero attached hydrogens (tertiary/aromatic N) is 3. The summed E-state index contributed by atoms with van der Waals surface area (Å²) in [5.41, 5.74) is 2.32. The first kappa shape index (κ1) is 27.4. The molecule has 0 fully saturated rings. The molecule has 0 radical (unpaired) electrons. The van der Waals surface area contributed by atoms with Gasteiger partial charge in [0.05, 0.1) is 62.4 Å². The molecule has 2 N–H and O–H groups in total. The number of H-pyrrole nitrogens is 1. The first-order valence-corrected chi connectivity index (χ1v) is 11.0. The van der Waals surface area contributed by atoms with Crippen molar-refractivity contribution < 1.29 is 33.5 Å². The van der Waals surface area contributed by atoms with E-state index in [1.54, 1.807) is 0 Å². The zero-order valence-corrected chi connectivity index (χ0v) is 21.2. The van der Waals surface area contributed by atoms with Crippen LogP contribution in [0.2, 0.25) is 0 Å². The quantitative estimate of drug-likeness (QED) is 0.173. The smallest absolute Gasteiger partial charge is 0.311 e. The van der Waals surface area contributed by atoms with Crippen molar-refractivity contribution in [2.75, 3.05) is 28.4 Å². The summed E-state index contributed by atoms with van der Waals surface area (Å²) in [6.45, 7) is 1.47. The van der Waals surface area contributed by atoms with Gasteiger partial charge in [-0.25, -0.2) is 10.1 Å². The molecule has 0 saturated heterocycles. The molecule has 2 aromatic carbocycles. The third-order valence-corrected chi connectivity index (χ3v) is 5.45. The van der Waals surface area contributed by atoms with Crippen LogP contribution >= 0.6 is 0 Å². The van der Waals surface area contributed by atoms with Crippen LogP contribution in [-0.4, -0.2) is 60.7 Å². The molecule has 1 aromatic heterocycles. The van der Waals surface area contributed by atoms with Crippen LogP contribution in [0.5, 0.6) is 17.2 Å². The molecule has 14 heteroatoms. The molecular weight excluding hydrogens is 502 g/mol. The molecule has 0 aliphatic heterocycles. The molecule has 38 heavy (non-hydrogen) atoms. The van der Waals surface area contributed by atoms with E-state index >= 15 is 0 Å². The molecule has 0 aliphatic carbocycles. The number of methoxy groups -OCH3 is 4. The number of hydrogen-bond acceptors (Lipinski definition) is 10. The number of nitrogens with one attached hydrogen (secondary N) is 2. The molecular formula is C24H25N5O9. The van der Waals surface area contributed by atoms with Gasteiger partial charge in [0.2, 0.25) is 5.75 Å². The summed E-state index contributed by atoms with van der Waals surface area (Å²) < 4.78 is 21.6. The minimum atomic E-state index is -0.635. The molecule has 1 heterocycles. The van der Waals surface area contributed by atoms with E-state index in [0.29, 0.717) is 5.75 Å². The Morgan fingerprint density at radius 1 is 1.05 bits per heavy atom. The maximum Gasteiger partial charge on any atom is 0.311 e. The summed E-state index contributed by atoms with van der Waals surface area (Å²) >= 11 is 0. The summed E-state index contributed by atoms with van der Waals surface area (Å²) in [6, 6.07) is 8.09. The topological polar surface area (TPSA) is 176 Å². The fourth-order valence-electron chi connectivity index (χ4n) is 3.57. The average molecular weight is 527 g/mol.